The Kier molecular flexibility index (Phi) is 5.48. The molecule has 1 heterocycles. The normalized spacial score (nSPS) is 10.5. The highest BCUT2D eigenvalue weighted by Crippen LogP contribution is 2.15. The molecule has 1 aromatic rings. The number of aryl methyl sites for hydroxylation is 1. The molecule has 1 rings (SSSR count). The van der Waals surface area contributed by atoms with Crippen LogP contribution in [0.25, 0.3) is 0 Å². The Bertz CT molecular complexity index is 441. The number of aliphatic carboxylic acids is 1. The van der Waals surface area contributed by atoms with Crippen molar-refractivity contribution in [2.75, 3.05) is 11.4 Å². The van der Waals surface area contributed by atoms with Gasteiger partial charge in [-0.05, 0) is 24.5 Å². The van der Waals surface area contributed by atoms with E-state index in [0.717, 1.165) is 5.56 Å². The van der Waals surface area contributed by atoms with Gasteiger partial charge in [0.25, 0.3) is 0 Å². The van der Waals surface area contributed by atoms with Gasteiger partial charge in [0.15, 0.2) is 0 Å². The van der Waals surface area contributed by atoms with Crippen molar-refractivity contribution in [3.8, 4) is 0 Å². The van der Waals surface area contributed by atoms with E-state index in [9.17, 15) is 9.59 Å². The Labute approximate surface area is 113 Å². The molecule has 0 saturated heterocycles. The SMILES string of the molecule is Cc1ccc(N(CCC(=O)O)C(=O)CC(C)C)nc1. The molecule has 0 bridgehead atoms. The van der Waals surface area contributed by atoms with Crippen LogP contribution in [0.1, 0.15) is 32.3 Å². The Morgan fingerprint density at radius 2 is 2.05 bits per heavy atom. The van der Waals surface area contributed by atoms with Gasteiger partial charge in [0.1, 0.15) is 5.82 Å². The molecule has 1 amide bonds. The van der Waals surface area contributed by atoms with Crippen molar-refractivity contribution in [2.24, 2.45) is 5.92 Å². The number of rotatable bonds is 6. The number of nitrogens with zero attached hydrogens (tertiary/aromatic N) is 2. The molecule has 0 aliphatic rings. The fraction of sp³-hybridized carbons (Fsp3) is 0.500. The lowest BCUT2D eigenvalue weighted by Gasteiger charge is -2.22. The zero-order chi connectivity index (χ0) is 14.4. The predicted octanol–water partition coefficient (Wildman–Crippen LogP) is 2.24. The van der Waals surface area contributed by atoms with E-state index >= 15 is 0 Å². The van der Waals surface area contributed by atoms with E-state index in [4.69, 9.17) is 5.11 Å². The van der Waals surface area contributed by atoms with Crippen LogP contribution in [0.15, 0.2) is 18.3 Å². The average molecular weight is 264 g/mol. The lowest BCUT2D eigenvalue weighted by Crippen LogP contribution is -2.34. The number of carbonyl (C=O) groups excluding carboxylic acids is 1. The highest BCUT2D eigenvalue weighted by Gasteiger charge is 2.18. The number of hydrogen-bond donors (Lipinski definition) is 1. The van der Waals surface area contributed by atoms with Crippen LogP contribution in [0.5, 0.6) is 0 Å². The Balaban J connectivity index is 2.87. The number of pyridine rings is 1. The molecule has 1 N–H and O–H groups in total. The summed E-state index contributed by atoms with van der Waals surface area (Å²) in [5.41, 5.74) is 0.998. The van der Waals surface area contributed by atoms with Gasteiger partial charge in [0.05, 0.1) is 6.42 Å². The maximum Gasteiger partial charge on any atom is 0.305 e. The van der Waals surface area contributed by atoms with E-state index < -0.39 is 5.97 Å². The Hall–Kier alpha value is -1.91. The fourth-order valence-electron chi connectivity index (χ4n) is 1.65. The summed E-state index contributed by atoms with van der Waals surface area (Å²) in [6.07, 6.45) is 1.97. The van der Waals surface area contributed by atoms with Crippen LogP contribution >= 0.6 is 0 Å². The second kappa shape index (κ2) is 6.87. The minimum atomic E-state index is -0.922. The zero-order valence-corrected chi connectivity index (χ0v) is 11.6. The number of carboxylic acid groups (broad SMARTS) is 1. The summed E-state index contributed by atoms with van der Waals surface area (Å²) in [7, 11) is 0. The van der Waals surface area contributed by atoms with Crippen LogP contribution in [-0.4, -0.2) is 28.5 Å². The molecule has 0 spiro atoms. The third-order valence-corrected chi connectivity index (χ3v) is 2.61. The quantitative estimate of drug-likeness (QED) is 0.855. The highest BCUT2D eigenvalue weighted by molar-refractivity contribution is 5.93. The Morgan fingerprint density at radius 3 is 2.53 bits per heavy atom. The van der Waals surface area contributed by atoms with Crippen LogP contribution in [-0.2, 0) is 9.59 Å². The number of anilines is 1. The third-order valence-electron chi connectivity index (χ3n) is 2.61. The minimum Gasteiger partial charge on any atom is -0.481 e. The van der Waals surface area contributed by atoms with Crippen molar-refractivity contribution in [3.63, 3.8) is 0 Å². The van der Waals surface area contributed by atoms with E-state index in [1.165, 1.54) is 4.90 Å². The van der Waals surface area contributed by atoms with Crippen molar-refractivity contribution in [1.29, 1.82) is 0 Å². The molecular weight excluding hydrogens is 244 g/mol. The van der Waals surface area contributed by atoms with Gasteiger partial charge >= 0.3 is 5.97 Å². The standard InChI is InChI=1S/C14H20N2O3/c1-10(2)8-13(17)16(7-6-14(18)19)12-5-4-11(3)9-15-12/h4-5,9-10H,6-8H2,1-3H3,(H,18,19). The summed E-state index contributed by atoms with van der Waals surface area (Å²) in [5, 5.41) is 8.76. The average Bonchev–Trinajstić information content (AvgIpc) is 2.30. The van der Waals surface area contributed by atoms with Gasteiger partial charge in [-0.15, -0.1) is 0 Å². The lowest BCUT2D eigenvalue weighted by atomic mass is 10.1. The smallest absolute Gasteiger partial charge is 0.305 e. The molecule has 5 nitrogen and oxygen atoms in total. The van der Waals surface area contributed by atoms with Gasteiger partial charge in [0.2, 0.25) is 5.91 Å². The summed E-state index contributed by atoms with van der Waals surface area (Å²) in [6.45, 7) is 5.97. The molecule has 0 aliphatic heterocycles. The topological polar surface area (TPSA) is 70.5 Å². The number of amides is 1. The summed E-state index contributed by atoms with van der Waals surface area (Å²) in [6, 6.07) is 3.61. The molecule has 5 heteroatoms. The maximum absolute atomic E-state index is 12.1. The number of aromatic nitrogens is 1. The van der Waals surface area contributed by atoms with E-state index in [-0.39, 0.29) is 24.8 Å². The second-order valence-electron chi connectivity index (χ2n) is 4.98. The van der Waals surface area contributed by atoms with E-state index in [1.807, 2.05) is 26.8 Å². The van der Waals surface area contributed by atoms with E-state index in [0.29, 0.717) is 12.2 Å². The zero-order valence-electron chi connectivity index (χ0n) is 11.6. The van der Waals surface area contributed by atoms with Crippen LogP contribution < -0.4 is 4.90 Å². The van der Waals surface area contributed by atoms with Crippen LogP contribution in [0, 0.1) is 12.8 Å². The molecule has 0 aliphatic carbocycles. The first kappa shape index (κ1) is 15.1. The molecule has 0 radical (unpaired) electrons. The number of hydrogen-bond acceptors (Lipinski definition) is 3. The molecule has 1 aromatic heterocycles. The molecule has 0 aromatic carbocycles. The molecule has 0 fully saturated rings. The number of carbonyl (C=O) groups is 2. The molecular formula is C14H20N2O3. The first-order valence-corrected chi connectivity index (χ1v) is 6.35. The van der Waals surface area contributed by atoms with Gasteiger partial charge in [-0.3, -0.25) is 14.5 Å². The molecule has 19 heavy (non-hydrogen) atoms. The summed E-state index contributed by atoms with van der Waals surface area (Å²) in [4.78, 5) is 28.5. The number of carboxylic acids is 1. The predicted molar refractivity (Wildman–Crippen MR) is 73.0 cm³/mol. The van der Waals surface area contributed by atoms with Gasteiger partial charge in [-0.2, -0.15) is 0 Å². The third kappa shape index (κ3) is 5.07. The first-order valence-electron chi connectivity index (χ1n) is 6.35. The van der Waals surface area contributed by atoms with Crippen molar-refractivity contribution in [3.05, 3.63) is 23.9 Å². The molecule has 0 saturated carbocycles. The van der Waals surface area contributed by atoms with Gasteiger partial charge in [-0.25, -0.2) is 4.98 Å². The largest absolute Gasteiger partial charge is 0.481 e. The molecule has 104 valence electrons. The Morgan fingerprint density at radius 1 is 1.37 bits per heavy atom. The summed E-state index contributed by atoms with van der Waals surface area (Å²) in [5.74, 6) is -0.273. The molecule has 0 atom stereocenters. The maximum atomic E-state index is 12.1. The van der Waals surface area contributed by atoms with Crippen molar-refractivity contribution in [2.45, 2.75) is 33.6 Å². The van der Waals surface area contributed by atoms with Gasteiger partial charge < -0.3 is 5.11 Å². The minimum absolute atomic E-state index is 0.0839. The monoisotopic (exact) mass is 264 g/mol. The van der Waals surface area contributed by atoms with E-state index in [1.54, 1.807) is 12.3 Å². The lowest BCUT2D eigenvalue weighted by molar-refractivity contribution is -0.136. The van der Waals surface area contributed by atoms with Crippen molar-refractivity contribution in [1.82, 2.24) is 4.98 Å². The van der Waals surface area contributed by atoms with E-state index in [2.05, 4.69) is 4.98 Å². The van der Waals surface area contributed by atoms with Crippen LogP contribution in [0.2, 0.25) is 0 Å². The first-order chi connectivity index (χ1) is 8.90. The van der Waals surface area contributed by atoms with Gasteiger partial charge in [0, 0.05) is 19.2 Å². The van der Waals surface area contributed by atoms with Gasteiger partial charge in [-0.1, -0.05) is 19.9 Å². The van der Waals surface area contributed by atoms with Crippen LogP contribution in [0.3, 0.4) is 0 Å². The summed E-state index contributed by atoms with van der Waals surface area (Å²) < 4.78 is 0. The molecule has 0 unspecified atom stereocenters. The van der Waals surface area contributed by atoms with Crippen molar-refractivity contribution < 1.29 is 14.7 Å². The van der Waals surface area contributed by atoms with Crippen molar-refractivity contribution >= 4 is 17.7 Å². The summed E-state index contributed by atoms with van der Waals surface area (Å²) >= 11 is 0. The fourth-order valence-corrected chi connectivity index (χ4v) is 1.65. The highest BCUT2D eigenvalue weighted by atomic mass is 16.4. The second-order valence-corrected chi connectivity index (χ2v) is 4.98. The van der Waals surface area contributed by atoms with Crippen LogP contribution in [0.4, 0.5) is 5.82 Å².